The fourth-order valence-corrected chi connectivity index (χ4v) is 4.60. The van der Waals surface area contributed by atoms with Crippen molar-refractivity contribution in [2.45, 2.75) is 88.8 Å². The molecule has 0 heterocycles. The first kappa shape index (κ1) is 41.0. The van der Waals surface area contributed by atoms with E-state index in [1.807, 2.05) is 6.92 Å². The maximum absolute atomic E-state index is 13.5. The van der Waals surface area contributed by atoms with E-state index in [-0.39, 0.29) is 25.6 Å². The van der Waals surface area contributed by atoms with E-state index in [2.05, 4.69) is 11.7 Å². The zero-order valence-electron chi connectivity index (χ0n) is 27.7. The highest BCUT2D eigenvalue weighted by Crippen LogP contribution is 2.53. The van der Waals surface area contributed by atoms with Crippen LogP contribution in [-0.2, 0) is 9.53 Å². The molecule has 0 amide bonds. The summed E-state index contributed by atoms with van der Waals surface area (Å²) in [5.41, 5.74) is 1.91. The van der Waals surface area contributed by atoms with Crippen LogP contribution in [0, 0.1) is 0 Å². The molecule has 0 spiro atoms. The third-order valence-corrected chi connectivity index (χ3v) is 7.59. The zero-order valence-corrected chi connectivity index (χ0v) is 27.7. The average molecular weight is 737 g/mol. The number of carbonyl (C=O) groups excluding carboxylic acids is 2. The lowest BCUT2D eigenvalue weighted by Crippen LogP contribution is -2.63. The summed E-state index contributed by atoms with van der Waals surface area (Å²) in [4.78, 5) is 23.9. The quantitative estimate of drug-likeness (QED) is 0.0528. The highest BCUT2D eigenvalue weighted by molar-refractivity contribution is 5.91. The molecule has 0 saturated heterocycles. The number of halogens is 9. The van der Waals surface area contributed by atoms with Crippen molar-refractivity contribution in [1.82, 2.24) is 0 Å². The molecule has 0 aromatic heterocycles. The van der Waals surface area contributed by atoms with E-state index in [0.29, 0.717) is 22.8 Å². The van der Waals surface area contributed by atoms with Gasteiger partial charge in [-0.15, -0.1) is 0 Å². The Bertz CT molecular complexity index is 1540. The van der Waals surface area contributed by atoms with Crippen LogP contribution in [0.4, 0.5) is 39.5 Å². The summed E-state index contributed by atoms with van der Waals surface area (Å²) in [7, 11) is 0. The summed E-state index contributed by atoms with van der Waals surface area (Å²) in [5.74, 6) is -23.1. The first-order valence-electron chi connectivity index (χ1n) is 16.1. The summed E-state index contributed by atoms with van der Waals surface area (Å²) in [6, 6.07) is 20.1. The molecule has 0 aliphatic rings. The van der Waals surface area contributed by atoms with E-state index in [4.69, 9.17) is 14.2 Å². The minimum Gasteiger partial charge on any atom is -0.494 e. The van der Waals surface area contributed by atoms with Crippen molar-refractivity contribution in [3.8, 4) is 28.4 Å². The number of carbonyl (C=O) groups is 2. The van der Waals surface area contributed by atoms with Crippen LogP contribution >= 0.6 is 0 Å². The number of esters is 2. The largest absolute Gasteiger partial charge is 0.494 e. The second kappa shape index (κ2) is 17.7. The van der Waals surface area contributed by atoms with E-state index in [9.17, 15) is 49.1 Å². The van der Waals surface area contributed by atoms with E-state index in [1.165, 1.54) is 19.3 Å². The van der Waals surface area contributed by atoms with Crippen molar-refractivity contribution < 1.29 is 68.1 Å². The molecule has 0 bridgehead atoms. The Balaban J connectivity index is 1.41. The van der Waals surface area contributed by atoms with Crippen LogP contribution in [0.5, 0.6) is 17.2 Å². The van der Waals surface area contributed by atoms with Crippen LogP contribution in [-0.4, -0.2) is 55.2 Å². The van der Waals surface area contributed by atoms with Gasteiger partial charge in [-0.2, -0.15) is 39.5 Å². The van der Waals surface area contributed by atoms with Gasteiger partial charge in [0, 0.05) is 0 Å². The second-order valence-corrected chi connectivity index (χ2v) is 11.7. The molecule has 3 rings (SSSR count). The van der Waals surface area contributed by atoms with Crippen molar-refractivity contribution in [1.29, 1.82) is 0 Å². The number of unbranched alkanes of at least 4 members (excludes halogenated alkanes) is 4. The SMILES string of the molecule is CCCCCC[C@H](C)Oc1ccc(C(=O)Oc2ccc(-c3ccc(OCCCCOC(=O)C(F)(F)C(F)(F)C(F)(F)C(F)(F)F)cc3)cc2)cc1. The maximum Gasteiger partial charge on any atom is 0.460 e. The molecule has 0 aliphatic carbocycles. The number of hydrogen-bond donors (Lipinski definition) is 0. The lowest BCUT2D eigenvalue weighted by molar-refractivity contribution is -0.390. The van der Waals surface area contributed by atoms with E-state index >= 15 is 0 Å². The first-order valence-corrected chi connectivity index (χ1v) is 16.1. The Morgan fingerprint density at radius 1 is 0.627 bits per heavy atom. The van der Waals surface area contributed by atoms with Crippen LogP contribution in [0.1, 0.15) is 69.2 Å². The second-order valence-electron chi connectivity index (χ2n) is 11.7. The van der Waals surface area contributed by atoms with Gasteiger partial charge in [0.2, 0.25) is 0 Å². The van der Waals surface area contributed by atoms with Gasteiger partial charge in [-0.05, 0) is 92.3 Å². The topological polar surface area (TPSA) is 71.1 Å². The van der Waals surface area contributed by atoms with E-state index in [1.54, 1.807) is 72.8 Å². The summed E-state index contributed by atoms with van der Waals surface area (Å²) in [6.45, 7) is 3.15. The van der Waals surface area contributed by atoms with Gasteiger partial charge in [0.15, 0.2) is 0 Å². The predicted octanol–water partition coefficient (Wildman–Crippen LogP) is 10.5. The Kier molecular flexibility index (Phi) is 14.2. The molecule has 0 N–H and O–H groups in total. The van der Waals surface area contributed by atoms with Crippen LogP contribution in [0.25, 0.3) is 11.1 Å². The highest BCUT2D eigenvalue weighted by atomic mass is 19.4. The normalized spacial score (nSPS) is 13.0. The van der Waals surface area contributed by atoms with Crippen LogP contribution < -0.4 is 14.2 Å². The van der Waals surface area contributed by atoms with Gasteiger partial charge in [0.05, 0.1) is 24.9 Å². The molecule has 0 fully saturated rings. The molecule has 280 valence electrons. The Morgan fingerprint density at radius 3 is 1.71 bits per heavy atom. The number of ether oxygens (including phenoxy) is 4. The minimum absolute atomic E-state index is 0.0200. The van der Waals surface area contributed by atoms with Gasteiger partial charge in [-0.1, -0.05) is 50.5 Å². The molecule has 15 heteroatoms. The van der Waals surface area contributed by atoms with Crippen LogP contribution in [0.2, 0.25) is 0 Å². The fraction of sp³-hybridized carbons (Fsp3) is 0.444. The minimum atomic E-state index is -7.18. The van der Waals surface area contributed by atoms with Crippen molar-refractivity contribution in [2.24, 2.45) is 0 Å². The Morgan fingerprint density at radius 2 is 1.16 bits per heavy atom. The molecule has 3 aromatic carbocycles. The van der Waals surface area contributed by atoms with E-state index in [0.717, 1.165) is 24.0 Å². The molecule has 1 atom stereocenters. The molecule has 51 heavy (non-hydrogen) atoms. The molecule has 0 saturated carbocycles. The number of alkyl halides is 9. The van der Waals surface area contributed by atoms with Crippen molar-refractivity contribution in [2.75, 3.05) is 13.2 Å². The monoisotopic (exact) mass is 736 g/mol. The van der Waals surface area contributed by atoms with Gasteiger partial charge in [-0.25, -0.2) is 9.59 Å². The Labute approximate surface area is 288 Å². The van der Waals surface area contributed by atoms with Gasteiger partial charge >= 0.3 is 35.9 Å². The first-order chi connectivity index (χ1) is 23.9. The highest BCUT2D eigenvalue weighted by Gasteiger charge is 2.84. The summed E-state index contributed by atoms with van der Waals surface area (Å²) < 4.78 is 137. The van der Waals surface area contributed by atoms with Crippen LogP contribution in [0.15, 0.2) is 72.8 Å². The van der Waals surface area contributed by atoms with Gasteiger partial charge in [0.1, 0.15) is 17.2 Å². The lowest BCUT2D eigenvalue weighted by atomic mass is 10.0. The number of hydrogen-bond acceptors (Lipinski definition) is 6. The zero-order chi connectivity index (χ0) is 37.9. The summed E-state index contributed by atoms with van der Waals surface area (Å²) in [6.07, 6.45) is -1.62. The number of rotatable bonds is 19. The summed E-state index contributed by atoms with van der Waals surface area (Å²) in [5, 5.41) is 0. The molecular weight excluding hydrogens is 699 g/mol. The van der Waals surface area contributed by atoms with Crippen molar-refractivity contribution >= 4 is 11.9 Å². The third-order valence-electron chi connectivity index (χ3n) is 7.59. The van der Waals surface area contributed by atoms with Gasteiger partial charge < -0.3 is 18.9 Å². The molecule has 0 unspecified atom stereocenters. The summed E-state index contributed by atoms with van der Waals surface area (Å²) >= 11 is 0. The molecular formula is C36H37F9O6. The molecule has 0 aliphatic heterocycles. The molecule has 0 radical (unpaired) electrons. The number of benzene rings is 3. The van der Waals surface area contributed by atoms with Crippen molar-refractivity contribution in [3.05, 3.63) is 78.4 Å². The molecule has 3 aromatic rings. The fourth-order valence-electron chi connectivity index (χ4n) is 4.60. The lowest BCUT2D eigenvalue weighted by Gasteiger charge is -2.32. The van der Waals surface area contributed by atoms with E-state index < -0.39 is 42.5 Å². The van der Waals surface area contributed by atoms with Gasteiger partial charge in [-0.3, -0.25) is 0 Å². The average Bonchev–Trinajstić information content (AvgIpc) is 3.08. The maximum atomic E-state index is 13.5. The van der Waals surface area contributed by atoms with Crippen molar-refractivity contribution in [3.63, 3.8) is 0 Å². The third kappa shape index (κ3) is 10.8. The Hall–Kier alpha value is -4.43. The predicted molar refractivity (Wildman–Crippen MR) is 169 cm³/mol. The standard InChI is InChI=1S/C36H37F9O6/c1-3-4-5-6-9-24(2)50-29-20-14-27(15-21-29)31(46)51-30-18-12-26(13-19-30)25-10-16-28(17-11-25)48-22-7-8-23-49-32(47)33(37,38)34(39,40)35(41,42)36(43,44)45/h10-21,24H,3-9,22-23H2,1-2H3/t24-/m0/s1. The van der Waals surface area contributed by atoms with Crippen LogP contribution in [0.3, 0.4) is 0 Å². The van der Waals surface area contributed by atoms with Gasteiger partial charge in [0.25, 0.3) is 0 Å². The smallest absolute Gasteiger partial charge is 0.460 e. The molecule has 6 nitrogen and oxygen atoms in total.